The van der Waals surface area contributed by atoms with Crippen LogP contribution in [-0.2, 0) is 0 Å². The molecule has 0 radical (unpaired) electrons. The highest BCUT2D eigenvalue weighted by Gasteiger charge is 2.14. The van der Waals surface area contributed by atoms with E-state index in [0.717, 1.165) is 4.70 Å². The molecule has 0 saturated carbocycles. The number of hydrogen-bond acceptors (Lipinski definition) is 5. The zero-order valence-electron chi connectivity index (χ0n) is 13.5. The molecule has 0 unspecified atom stereocenters. The molecule has 2 aromatic carbocycles. The number of fused-ring (bicyclic) bond motifs is 1. The number of aromatic nitrogens is 1. The molecular weight excluding hydrogens is 329 g/mol. The largest absolute Gasteiger partial charge is 0.494 e. The average molecular weight is 345 g/mol. The van der Waals surface area contributed by atoms with Crippen LogP contribution in [0.2, 0.25) is 0 Å². The number of nitrogens with one attached hydrogen (secondary N) is 1. The van der Waals surface area contributed by atoms with Crippen molar-refractivity contribution in [3.05, 3.63) is 47.8 Å². The lowest BCUT2D eigenvalue weighted by Crippen LogP contribution is -2.14. The van der Waals surface area contributed by atoms with E-state index >= 15 is 0 Å². The maximum Gasteiger partial charge on any atom is 0.257 e. The van der Waals surface area contributed by atoms with Crippen molar-refractivity contribution in [2.24, 2.45) is 0 Å². The van der Waals surface area contributed by atoms with Crippen LogP contribution in [0.25, 0.3) is 10.2 Å². The Morgan fingerprint density at radius 2 is 2.08 bits per heavy atom. The minimum absolute atomic E-state index is 0.240. The summed E-state index contributed by atoms with van der Waals surface area (Å²) in [6.07, 6.45) is 0. The first-order chi connectivity index (χ1) is 11.5. The summed E-state index contributed by atoms with van der Waals surface area (Å²) in [5.41, 5.74) is 1.36. The standard InChI is InChI=1S/C17H16FN3O2S/c1-21(2)12-8-7-10(9-11(12)18)16(22)20-17-19-15-13(23-3)5-4-6-14(15)24-17/h4-9H,1-3H3,(H,19,20,22). The average Bonchev–Trinajstić information content (AvgIpc) is 2.96. The summed E-state index contributed by atoms with van der Waals surface area (Å²) in [7, 11) is 5.06. The maximum absolute atomic E-state index is 14.0. The molecule has 0 atom stereocenters. The summed E-state index contributed by atoms with van der Waals surface area (Å²) in [6.45, 7) is 0. The summed E-state index contributed by atoms with van der Waals surface area (Å²) in [5.74, 6) is -0.207. The Bertz CT molecular complexity index is 908. The first-order valence-electron chi connectivity index (χ1n) is 7.21. The van der Waals surface area contributed by atoms with Crippen molar-refractivity contribution >= 4 is 38.3 Å². The predicted molar refractivity (Wildman–Crippen MR) is 94.9 cm³/mol. The number of amides is 1. The second kappa shape index (κ2) is 6.45. The molecule has 1 heterocycles. The summed E-state index contributed by atoms with van der Waals surface area (Å²) < 4.78 is 20.2. The van der Waals surface area contributed by atoms with Gasteiger partial charge < -0.3 is 9.64 Å². The maximum atomic E-state index is 14.0. The third kappa shape index (κ3) is 3.03. The number of carbonyl (C=O) groups is 1. The number of para-hydroxylation sites is 1. The van der Waals surface area contributed by atoms with Gasteiger partial charge in [-0.2, -0.15) is 0 Å². The first kappa shape index (κ1) is 16.2. The van der Waals surface area contributed by atoms with Crippen LogP contribution in [0.15, 0.2) is 36.4 Å². The van der Waals surface area contributed by atoms with Crippen LogP contribution in [-0.4, -0.2) is 32.1 Å². The van der Waals surface area contributed by atoms with Crippen molar-refractivity contribution in [1.82, 2.24) is 4.98 Å². The topological polar surface area (TPSA) is 54.5 Å². The van der Waals surface area contributed by atoms with Gasteiger partial charge in [-0.1, -0.05) is 17.4 Å². The fourth-order valence-electron chi connectivity index (χ4n) is 2.32. The third-order valence-corrected chi connectivity index (χ3v) is 4.45. The fourth-order valence-corrected chi connectivity index (χ4v) is 3.20. The molecule has 24 heavy (non-hydrogen) atoms. The molecule has 0 aliphatic heterocycles. The van der Waals surface area contributed by atoms with E-state index in [1.807, 2.05) is 18.2 Å². The zero-order chi connectivity index (χ0) is 17.3. The number of ether oxygens (including phenoxy) is 1. The van der Waals surface area contributed by atoms with Gasteiger partial charge in [-0.25, -0.2) is 9.37 Å². The molecule has 124 valence electrons. The van der Waals surface area contributed by atoms with Crippen LogP contribution in [0.4, 0.5) is 15.2 Å². The van der Waals surface area contributed by atoms with Crippen LogP contribution >= 0.6 is 11.3 Å². The van der Waals surface area contributed by atoms with Crippen molar-refractivity contribution in [1.29, 1.82) is 0 Å². The minimum atomic E-state index is -0.446. The van der Waals surface area contributed by atoms with E-state index in [-0.39, 0.29) is 5.56 Å². The molecule has 0 saturated heterocycles. The lowest BCUT2D eigenvalue weighted by atomic mass is 10.2. The van der Waals surface area contributed by atoms with Crippen molar-refractivity contribution in [3.8, 4) is 5.75 Å². The molecular formula is C17H16FN3O2S. The number of hydrogen-bond donors (Lipinski definition) is 1. The van der Waals surface area contributed by atoms with Gasteiger partial charge in [0.05, 0.1) is 17.5 Å². The molecule has 0 bridgehead atoms. The fraction of sp³-hybridized carbons (Fsp3) is 0.176. The highest BCUT2D eigenvalue weighted by Crippen LogP contribution is 2.32. The second-order valence-corrected chi connectivity index (χ2v) is 6.37. The number of benzene rings is 2. The Morgan fingerprint density at radius 3 is 2.75 bits per heavy atom. The van der Waals surface area contributed by atoms with Crippen molar-refractivity contribution in [2.45, 2.75) is 0 Å². The molecule has 1 amide bonds. The van der Waals surface area contributed by atoms with Crippen LogP contribution in [0.5, 0.6) is 5.75 Å². The van der Waals surface area contributed by atoms with Crippen LogP contribution in [0.1, 0.15) is 10.4 Å². The smallest absolute Gasteiger partial charge is 0.257 e. The van der Waals surface area contributed by atoms with Gasteiger partial charge in [-0.15, -0.1) is 0 Å². The second-order valence-electron chi connectivity index (χ2n) is 5.34. The number of thiazole rings is 1. The predicted octanol–water partition coefficient (Wildman–Crippen LogP) is 3.76. The Kier molecular flexibility index (Phi) is 4.35. The van der Waals surface area contributed by atoms with Gasteiger partial charge in [0, 0.05) is 19.7 Å². The SMILES string of the molecule is COc1cccc2sc(NC(=O)c3ccc(N(C)C)c(F)c3)nc12. The number of carbonyl (C=O) groups excluding carboxylic acids is 1. The van der Waals surface area contributed by atoms with Crippen molar-refractivity contribution in [3.63, 3.8) is 0 Å². The summed E-state index contributed by atoms with van der Waals surface area (Å²) in [5, 5.41) is 3.15. The van der Waals surface area contributed by atoms with Gasteiger partial charge in [0.2, 0.25) is 0 Å². The molecule has 1 N–H and O–H groups in total. The number of halogens is 1. The Labute approximate surface area is 142 Å². The first-order valence-corrected chi connectivity index (χ1v) is 8.03. The van der Waals surface area contributed by atoms with Gasteiger partial charge in [0.25, 0.3) is 5.91 Å². The van der Waals surface area contributed by atoms with Crippen molar-refractivity contribution in [2.75, 3.05) is 31.4 Å². The minimum Gasteiger partial charge on any atom is -0.494 e. The Hall–Kier alpha value is -2.67. The highest BCUT2D eigenvalue weighted by molar-refractivity contribution is 7.22. The number of rotatable bonds is 4. The normalized spacial score (nSPS) is 10.7. The molecule has 0 aliphatic carbocycles. The molecule has 3 rings (SSSR count). The summed E-state index contributed by atoms with van der Waals surface area (Å²) in [4.78, 5) is 18.3. The number of anilines is 2. The van der Waals surface area contributed by atoms with Gasteiger partial charge in [0.1, 0.15) is 17.1 Å². The van der Waals surface area contributed by atoms with Gasteiger partial charge in [-0.05, 0) is 30.3 Å². The van der Waals surface area contributed by atoms with Crippen molar-refractivity contribution < 1.29 is 13.9 Å². The lowest BCUT2D eigenvalue weighted by molar-refractivity contribution is 0.102. The Balaban J connectivity index is 1.86. The van der Waals surface area contributed by atoms with E-state index in [9.17, 15) is 9.18 Å². The van der Waals surface area contributed by atoms with E-state index in [0.29, 0.717) is 22.1 Å². The molecule has 3 aromatic rings. The highest BCUT2D eigenvalue weighted by atomic mass is 32.1. The van der Waals surface area contributed by atoms with E-state index in [1.54, 1.807) is 38.2 Å². The van der Waals surface area contributed by atoms with Crippen LogP contribution in [0.3, 0.4) is 0 Å². The van der Waals surface area contributed by atoms with Gasteiger partial charge in [-0.3, -0.25) is 10.1 Å². The summed E-state index contributed by atoms with van der Waals surface area (Å²) in [6, 6.07) is 9.95. The van der Waals surface area contributed by atoms with E-state index in [1.165, 1.54) is 17.4 Å². The monoisotopic (exact) mass is 345 g/mol. The van der Waals surface area contributed by atoms with Crippen LogP contribution in [0, 0.1) is 5.82 Å². The zero-order valence-corrected chi connectivity index (χ0v) is 14.3. The lowest BCUT2D eigenvalue weighted by Gasteiger charge is -2.13. The van der Waals surface area contributed by atoms with E-state index < -0.39 is 11.7 Å². The quantitative estimate of drug-likeness (QED) is 0.782. The van der Waals surface area contributed by atoms with Gasteiger partial charge in [0.15, 0.2) is 5.13 Å². The molecule has 0 fully saturated rings. The van der Waals surface area contributed by atoms with Gasteiger partial charge >= 0.3 is 0 Å². The Morgan fingerprint density at radius 1 is 1.29 bits per heavy atom. The molecule has 1 aromatic heterocycles. The number of nitrogens with zero attached hydrogens (tertiary/aromatic N) is 2. The summed E-state index contributed by atoms with van der Waals surface area (Å²) >= 11 is 1.34. The number of methoxy groups -OCH3 is 1. The molecule has 0 spiro atoms. The van der Waals surface area contributed by atoms with Crippen LogP contribution < -0.4 is 15.0 Å². The molecule has 0 aliphatic rings. The molecule has 7 heteroatoms. The van der Waals surface area contributed by atoms with E-state index in [2.05, 4.69) is 10.3 Å². The third-order valence-electron chi connectivity index (χ3n) is 3.51. The van der Waals surface area contributed by atoms with E-state index in [4.69, 9.17) is 4.74 Å². The molecule has 5 nitrogen and oxygen atoms in total.